The Morgan fingerprint density at radius 1 is 0.769 bits per heavy atom. The van der Waals surface area contributed by atoms with Crippen LogP contribution in [0, 0.1) is 6.92 Å². The van der Waals surface area contributed by atoms with Crippen molar-refractivity contribution >= 4 is 23.0 Å². The van der Waals surface area contributed by atoms with Crippen LogP contribution < -0.4 is 19.7 Å². The Morgan fingerprint density at radius 3 is 2.10 bits per heavy atom. The van der Waals surface area contributed by atoms with Crippen LogP contribution >= 0.6 is 12.2 Å². The molecule has 5 aromatic rings. The second-order valence-electron chi connectivity index (χ2n) is 9.41. The van der Waals surface area contributed by atoms with Gasteiger partial charge in [0.2, 0.25) is 0 Å². The maximum Gasteiger partial charge on any atom is 0.174 e. The van der Waals surface area contributed by atoms with E-state index in [4.69, 9.17) is 21.7 Å². The minimum atomic E-state index is -0.131. The summed E-state index contributed by atoms with van der Waals surface area (Å²) in [5, 5.41) is 4.20. The van der Waals surface area contributed by atoms with E-state index in [9.17, 15) is 0 Å². The molecular weight excluding hydrogens is 504 g/mol. The van der Waals surface area contributed by atoms with Crippen molar-refractivity contribution in [1.29, 1.82) is 0 Å². The van der Waals surface area contributed by atoms with Crippen molar-refractivity contribution in [2.24, 2.45) is 0 Å². The number of ether oxygens (including phenoxy) is 2. The third-order valence-corrected chi connectivity index (χ3v) is 7.22. The highest BCUT2D eigenvalue weighted by Gasteiger charge is 2.42. The zero-order valence-corrected chi connectivity index (χ0v) is 22.5. The summed E-state index contributed by atoms with van der Waals surface area (Å²) in [7, 11) is 1.65. The minimum absolute atomic E-state index is 0.128. The summed E-state index contributed by atoms with van der Waals surface area (Å²) in [6.07, 6.45) is 3.92. The molecule has 6 rings (SSSR count). The molecule has 3 aromatic carbocycles. The summed E-state index contributed by atoms with van der Waals surface area (Å²) in [4.78, 5) is 6.86. The highest BCUT2D eigenvalue weighted by Crippen LogP contribution is 2.42. The standard InChI is InChI=1S/C32H28N4O2S/c1-22-8-10-23(11-9-22)35-21-5-7-29(35)31-30(28-6-3-4-20-33-28)34-32(39)36(31)24-12-14-26(15-13-24)38-27-18-16-25(37-2)17-19-27/h3-21,30-31H,1-2H3,(H,34,39)/t30-,31-/m1/s1. The summed E-state index contributed by atoms with van der Waals surface area (Å²) in [5.41, 5.74) is 5.33. The first-order valence-corrected chi connectivity index (χ1v) is 13.2. The van der Waals surface area contributed by atoms with Gasteiger partial charge in [0, 0.05) is 29.5 Å². The molecule has 1 fully saturated rings. The molecular formula is C32H28N4O2S. The summed E-state index contributed by atoms with van der Waals surface area (Å²) >= 11 is 5.92. The van der Waals surface area contributed by atoms with Crippen molar-refractivity contribution in [2.45, 2.75) is 19.0 Å². The van der Waals surface area contributed by atoms with E-state index in [1.807, 2.05) is 72.9 Å². The number of pyridine rings is 1. The number of thiocarbonyl (C=S) groups is 1. The second-order valence-corrected chi connectivity index (χ2v) is 9.79. The van der Waals surface area contributed by atoms with E-state index in [0.717, 1.165) is 40.0 Å². The highest BCUT2D eigenvalue weighted by molar-refractivity contribution is 7.80. The topological polar surface area (TPSA) is 51.6 Å². The number of anilines is 1. The van der Waals surface area contributed by atoms with Crippen molar-refractivity contribution < 1.29 is 9.47 Å². The Hall–Kier alpha value is -4.62. The number of hydrogen-bond acceptors (Lipinski definition) is 4. The SMILES string of the molecule is COc1ccc(Oc2ccc(N3C(=S)N[C@H](c4ccccn4)[C@H]3c3cccn3-c3ccc(C)cc3)cc2)cc1. The molecule has 1 N–H and O–H groups in total. The molecule has 1 saturated heterocycles. The summed E-state index contributed by atoms with van der Waals surface area (Å²) in [6, 6.07) is 34.1. The first-order valence-electron chi connectivity index (χ1n) is 12.8. The molecule has 1 aliphatic rings. The van der Waals surface area contributed by atoms with Crippen molar-refractivity contribution in [3.8, 4) is 22.9 Å². The number of rotatable bonds is 7. The van der Waals surface area contributed by atoms with Gasteiger partial charge >= 0.3 is 0 Å². The minimum Gasteiger partial charge on any atom is -0.497 e. The zero-order valence-electron chi connectivity index (χ0n) is 21.7. The lowest BCUT2D eigenvalue weighted by Gasteiger charge is -2.29. The monoisotopic (exact) mass is 532 g/mol. The highest BCUT2D eigenvalue weighted by atomic mass is 32.1. The van der Waals surface area contributed by atoms with Crippen LogP contribution in [0.15, 0.2) is 116 Å². The van der Waals surface area contributed by atoms with Gasteiger partial charge < -0.3 is 24.3 Å². The number of benzene rings is 3. The van der Waals surface area contributed by atoms with Crippen molar-refractivity contribution in [3.05, 3.63) is 132 Å². The summed E-state index contributed by atoms with van der Waals surface area (Å²) < 4.78 is 13.5. The molecule has 2 aromatic heterocycles. The van der Waals surface area contributed by atoms with E-state index >= 15 is 0 Å². The molecule has 0 bridgehead atoms. The van der Waals surface area contributed by atoms with Gasteiger partial charge in [0.15, 0.2) is 5.11 Å². The van der Waals surface area contributed by atoms with Gasteiger partial charge in [-0.25, -0.2) is 0 Å². The van der Waals surface area contributed by atoms with Gasteiger partial charge in [-0.1, -0.05) is 23.8 Å². The molecule has 3 heterocycles. The molecule has 6 nitrogen and oxygen atoms in total. The third kappa shape index (κ3) is 4.96. The van der Waals surface area contributed by atoms with Crippen molar-refractivity contribution in [3.63, 3.8) is 0 Å². The lowest BCUT2D eigenvalue weighted by Crippen LogP contribution is -2.30. The molecule has 0 saturated carbocycles. The van der Waals surface area contributed by atoms with Crippen molar-refractivity contribution in [1.82, 2.24) is 14.9 Å². The normalized spacial score (nSPS) is 16.7. The fourth-order valence-electron chi connectivity index (χ4n) is 4.96. The maximum atomic E-state index is 6.06. The Kier molecular flexibility index (Phi) is 6.73. The predicted molar refractivity (Wildman–Crippen MR) is 158 cm³/mol. The molecule has 0 aliphatic carbocycles. The molecule has 0 radical (unpaired) electrons. The van der Waals surface area contributed by atoms with E-state index < -0.39 is 0 Å². The lowest BCUT2D eigenvalue weighted by molar-refractivity contribution is 0.413. The fraction of sp³-hybridized carbons (Fsp3) is 0.125. The van der Waals surface area contributed by atoms with Gasteiger partial charge in [-0.05, 0) is 104 Å². The number of nitrogens with one attached hydrogen (secondary N) is 1. The molecule has 0 spiro atoms. The predicted octanol–water partition coefficient (Wildman–Crippen LogP) is 7.16. The maximum absolute atomic E-state index is 6.06. The van der Waals surface area contributed by atoms with Crippen LogP contribution in [0.2, 0.25) is 0 Å². The first-order chi connectivity index (χ1) is 19.1. The van der Waals surface area contributed by atoms with Gasteiger partial charge in [0.1, 0.15) is 23.3 Å². The molecule has 1 aliphatic heterocycles. The zero-order chi connectivity index (χ0) is 26.8. The fourth-order valence-corrected chi connectivity index (χ4v) is 5.31. The van der Waals surface area contributed by atoms with E-state index in [1.54, 1.807) is 7.11 Å². The number of methoxy groups -OCH3 is 1. The summed E-state index contributed by atoms with van der Waals surface area (Å²) in [5.74, 6) is 2.27. The van der Waals surface area contributed by atoms with Crippen LogP contribution in [0.1, 0.15) is 29.0 Å². The van der Waals surface area contributed by atoms with Gasteiger partial charge in [-0.3, -0.25) is 4.98 Å². The number of nitrogens with zero attached hydrogens (tertiary/aromatic N) is 3. The van der Waals surface area contributed by atoms with Crippen LogP contribution in [0.25, 0.3) is 5.69 Å². The Morgan fingerprint density at radius 2 is 1.44 bits per heavy atom. The van der Waals surface area contributed by atoms with Gasteiger partial charge in [-0.2, -0.15) is 0 Å². The van der Waals surface area contributed by atoms with E-state index in [0.29, 0.717) is 5.11 Å². The van der Waals surface area contributed by atoms with Crippen LogP contribution in [0.5, 0.6) is 17.2 Å². The first kappa shape index (κ1) is 24.7. The number of hydrogen-bond donors (Lipinski definition) is 1. The molecule has 0 amide bonds. The smallest absolute Gasteiger partial charge is 0.174 e. The molecule has 194 valence electrons. The van der Waals surface area contributed by atoms with E-state index in [2.05, 4.69) is 69.3 Å². The van der Waals surface area contributed by atoms with Crippen LogP contribution in [-0.2, 0) is 0 Å². The largest absolute Gasteiger partial charge is 0.497 e. The van der Waals surface area contributed by atoms with Gasteiger partial charge in [-0.15, -0.1) is 0 Å². The third-order valence-electron chi connectivity index (χ3n) is 6.90. The van der Waals surface area contributed by atoms with E-state index in [-0.39, 0.29) is 12.1 Å². The summed E-state index contributed by atoms with van der Waals surface area (Å²) in [6.45, 7) is 2.10. The van der Waals surface area contributed by atoms with Crippen LogP contribution in [-0.4, -0.2) is 21.8 Å². The molecule has 39 heavy (non-hydrogen) atoms. The number of aromatic nitrogens is 2. The number of aryl methyl sites for hydroxylation is 1. The molecule has 0 unspecified atom stereocenters. The molecule has 2 atom stereocenters. The van der Waals surface area contributed by atoms with Gasteiger partial charge in [0.05, 0.1) is 18.8 Å². The quantitative estimate of drug-likeness (QED) is 0.225. The Bertz CT molecular complexity index is 1570. The second kappa shape index (κ2) is 10.6. The van der Waals surface area contributed by atoms with E-state index in [1.165, 1.54) is 5.56 Å². The van der Waals surface area contributed by atoms with Crippen LogP contribution in [0.4, 0.5) is 5.69 Å². The lowest BCUT2D eigenvalue weighted by atomic mass is 10.0. The van der Waals surface area contributed by atoms with Crippen LogP contribution in [0.3, 0.4) is 0 Å². The average Bonchev–Trinajstić information content (AvgIpc) is 3.59. The molecule has 7 heteroatoms. The van der Waals surface area contributed by atoms with Crippen molar-refractivity contribution in [2.75, 3.05) is 12.0 Å². The Balaban J connectivity index is 1.36. The Labute approximate surface area is 233 Å². The average molecular weight is 533 g/mol. The van der Waals surface area contributed by atoms with Gasteiger partial charge in [0.25, 0.3) is 0 Å².